The van der Waals surface area contributed by atoms with Crippen molar-refractivity contribution in [2.75, 3.05) is 13.2 Å². The highest BCUT2D eigenvalue weighted by Gasteiger charge is 2.02. The topological polar surface area (TPSA) is 59.9 Å². The van der Waals surface area contributed by atoms with Gasteiger partial charge in [-0.1, -0.05) is 49.7 Å². The summed E-state index contributed by atoms with van der Waals surface area (Å²) in [6, 6.07) is 21.3. The van der Waals surface area contributed by atoms with Crippen LogP contribution in [0.15, 0.2) is 71.8 Å². The van der Waals surface area contributed by atoms with Crippen LogP contribution in [0.1, 0.15) is 25.3 Å². The summed E-state index contributed by atoms with van der Waals surface area (Å²) < 4.78 is 11.1. The van der Waals surface area contributed by atoms with Crippen molar-refractivity contribution in [1.82, 2.24) is 5.43 Å². The number of hydrogen-bond acceptors (Lipinski definition) is 4. The van der Waals surface area contributed by atoms with Crippen molar-refractivity contribution in [2.24, 2.45) is 5.10 Å². The number of carbonyl (C=O) groups excluding carboxylic acids is 1. The third-order valence-electron chi connectivity index (χ3n) is 4.14. The van der Waals surface area contributed by atoms with E-state index in [2.05, 4.69) is 23.5 Å². The van der Waals surface area contributed by atoms with Gasteiger partial charge in [0.1, 0.15) is 11.5 Å². The molecule has 28 heavy (non-hydrogen) atoms. The number of nitrogens with one attached hydrogen (secondary N) is 1. The average Bonchev–Trinajstić information content (AvgIpc) is 2.73. The van der Waals surface area contributed by atoms with Crippen molar-refractivity contribution in [3.63, 3.8) is 0 Å². The van der Waals surface area contributed by atoms with Crippen LogP contribution in [0.4, 0.5) is 0 Å². The third-order valence-corrected chi connectivity index (χ3v) is 4.14. The minimum absolute atomic E-state index is 0.106. The van der Waals surface area contributed by atoms with Gasteiger partial charge in [0.15, 0.2) is 6.61 Å². The van der Waals surface area contributed by atoms with Gasteiger partial charge in [0.2, 0.25) is 0 Å². The van der Waals surface area contributed by atoms with Crippen LogP contribution in [0.2, 0.25) is 0 Å². The molecule has 3 rings (SSSR count). The Balaban J connectivity index is 1.44. The number of amides is 1. The van der Waals surface area contributed by atoms with Gasteiger partial charge in [-0.15, -0.1) is 0 Å². The Morgan fingerprint density at radius 1 is 0.964 bits per heavy atom. The normalized spacial score (nSPS) is 10.9. The molecule has 0 saturated heterocycles. The Morgan fingerprint density at radius 3 is 2.43 bits per heavy atom. The lowest BCUT2D eigenvalue weighted by molar-refractivity contribution is -0.123. The van der Waals surface area contributed by atoms with Gasteiger partial charge in [0.25, 0.3) is 5.91 Å². The number of carbonyl (C=O) groups is 1. The highest BCUT2D eigenvalue weighted by molar-refractivity contribution is 5.90. The fraction of sp³-hybridized carbons (Fsp3) is 0.217. The van der Waals surface area contributed by atoms with Crippen molar-refractivity contribution in [3.8, 4) is 11.5 Å². The Morgan fingerprint density at radius 2 is 1.68 bits per heavy atom. The SMILES string of the molecule is CCCCOc1ccc(OCC(=O)N/N=C/c2ccc3ccccc3c2)cc1. The van der Waals surface area contributed by atoms with Gasteiger partial charge >= 0.3 is 0 Å². The number of hydrazone groups is 1. The summed E-state index contributed by atoms with van der Waals surface area (Å²) in [4.78, 5) is 11.9. The van der Waals surface area contributed by atoms with Crippen LogP contribution in [0.25, 0.3) is 10.8 Å². The Hall–Kier alpha value is -3.34. The van der Waals surface area contributed by atoms with E-state index in [1.165, 1.54) is 5.39 Å². The Kier molecular flexibility index (Phi) is 7.01. The summed E-state index contributed by atoms with van der Waals surface area (Å²) in [6.07, 6.45) is 3.74. The van der Waals surface area contributed by atoms with Crippen LogP contribution >= 0.6 is 0 Å². The zero-order valence-electron chi connectivity index (χ0n) is 15.9. The predicted molar refractivity (Wildman–Crippen MR) is 112 cm³/mol. The van der Waals surface area contributed by atoms with Crippen LogP contribution in [0.5, 0.6) is 11.5 Å². The van der Waals surface area contributed by atoms with Crippen LogP contribution in [0.3, 0.4) is 0 Å². The lowest BCUT2D eigenvalue weighted by atomic mass is 10.1. The zero-order valence-corrected chi connectivity index (χ0v) is 15.9. The van der Waals surface area contributed by atoms with Gasteiger partial charge in [-0.25, -0.2) is 5.43 Å². The summed E-state index contributed by atoms with van der Waals surface area (Å²) >= 11 is 0. The molecule has 0 fully saturated rings. The molecular formula is C23H24N2O3. The third kappa shape index (κ3) is 5.84. The van der Waals surface area contributed by atoms with E-state index in [0.29, 0.717) is 12.4 Å². The van der Waals surface area contributed by atoms with Crippen LogP contribution in [-0.2, 0) is 4.79 Å². The van der Waals surface area contributed by atoms with E-state index in [1.54, 1.807) is 18.3 Å². The molecule has 3 aromatic carbocycles. The lowest BCUT2D eigenvalue weighted by Crippen LogP contribution is -2.24. The number of nitrogens with zero attached hydrogens (tertiary/aromatic N) is 1. The molecule has 0 aliphatic carbocycles. The van der Waals surface area contributed by atoms with E-state index in [-0.39, 0.29) is 12.5 Å². The number of rotatable bonds is 9. The first-order chi connectivity index (χ1) is 13.7. The van der Waals surface area contributed by atoms with Crippen molar-refractivity contribution >= 4 is 22.9 Å². The second-order valence-corrected chi connectivity index (χ2v) is 6.36. The Bertz CT molecular complexity index is 936. The standard InChI is InChI=1S/C23H24N2O3/c1-2-3-14-27-21-10-12-22(13-11-21)28-17-23(26)25-24-16-18-8-9-19-6-4-5-7-20(19)15-18/h4-13,15-16H,2-3,14,17H2,1H3,(H,25,26)/b24-16+. The summed E-state index contributed by atoms with van der Waals surface area (Å²) in [5, 5.41) is 6.29. The fourth-order valence-corrected chi connectivity index (χ4v) is 2.61. The van der Waals surface area contributed by atoms with Gasteiger partial charge in [-0.05, 0) is 53.1 Å². The fourth-order valence-electron chi connectivity index (χ4n) is 2.61. The van der Waals surface area contributed by atoms with Crippen molar-refractivity contribution in [3.05, 3.63) is 72.3 Å². The van der Waals surface area contributed by atoms with Crippen molar-refractivity contribution < 1.29 is 14.3 Å². The second kappa shape index (κ2) is 10.1. The summed E-state index contributed by atoms with van der Waals surface area (Å²) in [6.45, 7) is 2.72. The first-order valence-corrected chi connectivity index (χ1v) is 9.41. The predicted octanol–water partition coefficient (Wildman–Crippen LogP) is 4.55. The molecular weight excluding hydrogens is 352 g/mol. The monoisotopic (exact) mass is 376 g/mol. The molecule has 0 heterocycles. The van der Waals surface area contributed by atoms with Crippen LogP contribution in [0, 0.1) is 0 Å². The first-order valence-electron chi connectivity index (χ1n) is 9.41. The van der Waals surface area contributed by atoms with Crippen molar-refractivity contribution in [2.45, 2.75) is 19.8 Å². The smallest absolute Gasteiger partial charge is 0.277 e. The molecule has 0 radical (unpaired) electrons. The maximum atomic E-state index is 11.9. The van der Waals surface area contributed by atoms with Crippen LogP contribution in [-0.4, -0.2) is 25.3 Å². The lowest BCUT2D eigenvalue weighted by Gasteiger charge is -2.07. The molecule has 3 aromatic rings. The molecule has 0 aromatic heterocycles. The molecule has 0 atom stereocenters. The quantitative estimate of drug-likeness (QED) is 0.339. The molecule has 5 nitrogen and oxygen atoms in total. The largest absolute Gasteiger partial charge is 0.494 e. The van der Waals surface area contributed by atoms with Gasteiger partial charge in [0, 0.05) is 0 Å². The highest BCUT2D eigenvalue weighted by Crippen LogP contribution is 2.18. The first kappa shape index (κ1) is 19.4. The summed E-state index contributed by atoms with van der Waals surface area (Å²) in [5.74, 6) is 1.09. The number of hydrogen-bond donors (Lipinski definition) is 1. The van der Waals surface area contributed by atoms with E-state index < -0.39 is 0 Å². The maximum Gasteiger partial charge on any atom is 0.277 e. The molecule has 0 unspecified atom stereocenters. The molecule has 5 heteroatoms. The molecule has 0 aliphatic heterocycles. The summed E-state index contributed by atoms with van der Waals surface area (Å²) in [7, 11) is 0. The van der Waals surface area contributed by atoms with Crippen molar-refractivity contribution in [1.29, 1.82) is 0 Å². The van der Waals surface area contributed by atoms with Gasteiger partial charge < -0.3 is 9.47 Å². The van der Waals surface area contributed by atoms with E-state index in [4.69, 9.17) is 9.47 Å². The molecule has 1 amide bonds. The highest BCUT2D eigenvalue weighted by atomic mass is 16.5. The van der Waals surface area contributed by atoms with Gasteiger partial charge in [0.05, 0.1) is 12.8 Å². The number of benzene rings is 3. The molecule has 0 spiro atoms. The van der Waals surface area contributed by atoms with E-state index in [0.717, 1.165) is 29.5 Å². The maximum absolute atomic E-state index is 11.9. The zero-order chi connectivity index (χ0) is 19.6. The average molecular weight is 376 g/mol. The van der Waals surface area contributed by atoms with Gasteiger partial charge in [-0.2, -0.15) is 5.10 Å². The van der Waals surface area contributed by atoms with Gasteiger partial charge in [-0.3, -0.25) is 4.79 Å². The molecule has 0 bridgehead atoms. The number of unbranched alkanes of at least 4 members (excludes halogenated alkanes) is 1. The molecule has 0 aliphatic rings. The number of ether oxygens (including phenoxy) is 2. The van der Waals surface area contributed by atoms with E-state index >= 15 is 0 Å². The Labute approximate surface area is 165 Å². The minimum Gasteiger partial charge on any atom is -0.494 e. The number of fused-ring (bicyclic) bond motifs is 1. The van der Waals surface area contributed by atoms with E-state index in [1.807, 2.05) is 48.5 Å². The van der Waals surface area contributed by atoms with E-state index in [9.17, 15) is 4.79 Å². The molecule has 0 saturated carbocycles. The minimum atomic E-state index is -0.319. The molecule has 1 N–H and O–H groups in total. The molecule has 144 valence electrons. The van der Waals surface area contributed by atoms with Crippen LogP contribution < -0.4 is 14.9 Å². The summed E-state index contributed by atoms with van der Waals surface area (Å²) in [5.41, 5.74) is 3.39. The second-order valence-electron chi connectivity index (χ2n) is 6.36.